The smallest absolute Gasteiger partial charge is 0.241 e. The van der Waals surface area contributed by atoms with Crippen LogP contribution < -0.4 is 4.74 Å². The maximum absolute atomic E-state index is 6.18. The molecule has 1 fully saturated rings. The van der Waals surface area contributed by atoms with Gasteiger partial charge in [-0.15, -0.1) is 5.10 Å². The lowest BCUT2D eigenvalue weighted by Gasteiger charge is -2.16. The van der Waals surface area contributed by atoms with E-state index in [2.05, 4.69) is 82.5 Å². The van der Waals surface area contributed by atoms with Crippen molar-refractivity contribution in [3.63, 3.8) is 0 Å². The predicted octanol–water partition coefficient (Wildman–Crippen LogP) is 5.65. The summed E-state index contributed by atoms with van der Waals surface area (Å²) < 4.78 is 8.26. The molecule has 32 heavy (non-hydrogen) atoms. The minimum Gasteiger partial charge on any atom is -0.471 e. The highest BCUT2D eigenvalue weighted by Gasteiger charge is 2.24. The minimum atomic E-state index is 0.520. The molecule has 1 unspecified atom stereocenters. The molecular formula is C28H29N3O. The van der Waals surface area contributed by atoms with Crippen LogP contribution >= 0.6 is 0 Å². The van der Waals surface area contributed by atoms with E-state index in [-0.39, 0.29) is 0 Å². The third kappa shape index (κ3) is 5.09. The summed E-state index contributed by atoms with van der Waals surface area (Å²) in [6.45, 7) is 4.71. The quantitative estimate of drug-likeness (QED) is 0.367. The van der Waals surface area contributed by atoms with E-state index in [1.54, 1.807) is 0 Å². The molecule has 5 rings (SSSR count). The van der Waals surface area contributed by atoms with Gasteiger partial charge in [0.15, 0.2) is 0 Å². The lowest BCUT2D eigenvalue weighted by atomic mass is 10.1. The van der Waals surface area contributed by atoms with Gasteiger partial charge in [-0.25, -0.2) is 0 Å². The van der Waals surface area contributed by atoms with Crippen LogP contribution in [0.2, 0.25) is 0 Å². The van der Waals surface area contributed by atoms with E-state index in [1.165, 1.54) is 12.0 Å². The zero-order valence-corrected chi connectivity index (χ0v) is 18.3. The molecule has 1 aliphatic rings. The summed E-state index contributed by atoms with van der Waals surface area (Å²) in [7, 11) is 0. The van der Waals surface area contributed by atoms with Crippen LogP contribution in [0.1, 0.15) is 17.5 Å². The van der Waals surface area contributed by atoms with Crippen LogP contribution in [0.25, 0.3) is 11.1 Å². The lowest BCUT2D eigenvalue weighted by Crippen LogP contribution is -2.21. The van der Waals surface area contributed by atoms with Crippen LogP contribution in [-0.2, 0) is 19.7 Å². The number of nitrogens with zero attached hydrogens (tertiary/aromatic N) is 3. The van der Waals surface area contributed by atoms with Crippen molar-refractivity contribution in [2.75, 3.05) is 13.1 Å². The first kappa shape index (κ1) is 20.5. The number of aromatic nitrogens is 2. The first-order chi connectivity index (χ1) is 15.8. The first-order valence-electron chi connectivity index (χ1n) is 11.4. The van der Waals surface area contributed by atoms with Crippen molar-refractivity contribution in [3.8, 4) is 17.0 Å². The van der Waals surface area contributed by atoms with E-state index >= 15 is 0 Å². The van der Waals surface area contributed by atoms with Crippen molar-refractivity contribution in [2.24, 2.45) is 5.92 Å². The van der Waals surface area contributed by atoms with Gasteiger partial charge in [0, 0.05) is 25.8 Å². The van der Waals surface area contributed by atoms with Gasteiger partial charge in [-0.2, -0.15) is 0 Å². The Hall–Kier alpha value is -3.37. The van der Waals surface area contributed by atoms with Crippen LogP contribution in [0, 0.1) is 5.92 Å². The molecule has 0 saturated carbocycles. The summed E-state index contributed by atoms with van der Waals surface area (Å²) in [5.41, 5.74) is 4.73. The number of hydrogen-bond acceptors (Lipinski definition) is 3. The summed E-state index contributed by atoms with van der Waals surface area (Å²) in [5.74, 6) is 1.31. The molecule has 0 bridgehead atoms. The van der Waals surface area contributed by atoms with Gasteiger partial charge < -0.3 is 4.74 Å². The van der Waals surface area contributed by atoms with E-state index in [1.807, 2.05) is 24.3 Å². The summed E-state index contributed by atoms with van der Waals surface area (Å²) >= 11 is 0. The zero-order valence-electron chi connectivity index (χ0n) is 18.3. The van der Waals surface area contributed by atoms with E-state index in [4.69, 9.17) is 9.84 Å². The summed E-state index contributed by atoms with van der Waals surface area (Å²) in [4.78, 5) is 2.55. The topological polar surface area (TPSA) is 30.3 Å². The summed E-state index contributed by atoms with van der Waals surface area (Å²) in [6, 6.07) is 31.4. The molecule has 2 heterocycles. The molecule has 1 saturated heterocycles. The van der Waals surface area contributed by atoms with Gasteiger partial charge in [-0.3, -0.25) is 9.58 Å². The maximum Gasteiger partial charge on any atom is 0.241 e. The van der Waals surface area contributed by atoms with Crippen LogP contribution in [0.15, 0.2) is 97.2 Å². The van der Waals surface area contributed by atoms with E-state index in [0.29, 0.717) is 18.4 Å². The molecular weight excluding hydrogens is 394 g/mol. The Morgan fingerprint density at radius 1 is 0.812 bits per heavy atom. The molecule has 1 atom stereocenters. The SMILES string of the molecule is c1ccc(COc2nn(CC3CCN(Cc4ccccc4)C3)cc2-c2ccccc2)cc1. The largest absolute Gasteiger partial charge is 0.471 e. The second kappa shape index (κ2) is 9.84. The average molecular weight is 424 g/mol. The molecule has 1 aliphatic heterocycles. The molecule has 3 aromatic carbocycles. The number of rotatable bonds is 8. The Morgan fingerprint density at radius 2 is 1.47 bits per heavy atom. The lowest BCUT2D eigenvalue weighted by molar-refractivity contribution is 0.284. The van der Waals surface area contributed by atoms with Gasteiger partial charge in [0.2, 0.25) is 5.88 Å². The van der Waals surface area contributed by atoms with Gasteiger partial charge in [-0.1, -0.05) is 91.0 Å². The van der Waals surface area contributed by atoms with Crippen LogP contribution in [0.3, 0.4) is 0 Å². The van der Waals surface area contributed by atoms with Crippen molar-refractivity contribution in [1.82, 2.24) is 14.7 Å². The third-order valence-corrected chi connectivity index (χ3v) is 6.10. The molecule has 162 valence electrons. The summed E-state index contributed by atoms with van der Waals surface area (Å²) in [6.07, 6.45) is 3.35. The second-order valence-corrected chi connectivity index (χ2v) is 8.59. The van der Waals surface area contributed by atoms with Gasteiger partial charge in [0.05, 0.1) is 5.56 Å². The Labute approximate surface area is 190 Å². The fraction of sp³-hybridized carbons (Fsp3) is 0.250. The van der Waals surface area contributed by atoms with Crippen LogP contribution in [0.5, 0.6) is 5.88 Å². The zero-order chi connectivity index (χ0) is 21.6. The van der Waals surface area contributed by atoms with Crippen LogP contribution in [-0.4, -0.2) is 27.8 Å². The molecule has 0 aliphatic carbocycles. The average Bonchev–Trinajstić information content (AvgIpc) is 3.46. The molecule has 1 aromatic heterocycles. The Bertz CT molecular complexity index is 1110. The molecule has 0 N–H and O–H groups in total. The number of ether oxygens (including phenoxy) is 1. The summed E-state index contributed by atoms with van der Waals surface area (Å²) in [5, 5.41) is 4.85. The standard InChI is InChI=1S/C28H29N3O/c1-4-10-23(11-5-1)18-30-17-16-25(19-30)20-31-21-27(26-14-8-3-9-15-26)28(29-31)32-22-24-12-6-2-7-13-24/h1-15,21,25H,16-20,22H2. The van der Waals surface area contributed by atoms with Crippen LogP contribution in [0.4, 0.5) is 0 Å². The highest BCUT2D eigenvalue weighted by atomic mass is 16.5. The molecule has 4 nitrogen and oxygen atoms in total. The Balaban J connectivity index is 1.28. The van der Waals surface area contributed by atoms with Gasteiger partial charge in [-0.05, 0) is 35.6 Å². The van der Waals surface area contributed by atoms with Crippen molar-refractivity contribution < 1.29 is 4.74 Å². The van der Waals surface area contributed by atoms with Crippen molar-refractivity contribution in [2.45, 2.75) is 26.1 Å². The highest BCUT2D eigenvalue weighted by Crippen LogP contribution is 2.30. The Morgan fingerprint density at radius 3 is 2.19 bits per heavy atom. The maximum atomic E-state index is 6.18. The molecule has 4 aromatic rings. The van der Waals surface area contributed by atoms with E-state index in [9.17, 15) is 0 Å². The van der Waals surface area contributed by atoms with Gasteiger partial charge in [0.1, 0.15) is 6.61 Å². The van der Waals surface area contributed by atoms with Crippen molar-refractivity contribution in [1.29, 1.82) is 0 Å². The van der Waals surface area contributed by atoms with E-state index < -0.39 is 0 Å². The van der Waals surface area contributed by atoms with Crippen molar-refractivity contribution in [3.05, 3.63) is 108 Å². The first-order valence-corrected chi connectivity index (χ1v) is 11.4. The molecule has 0 amide bonds. The monoisotopic (exact) mass is 423 g/mol. The number of hydrogen-bond donors (Lipinski definition) is 0. The molecule has 0 radical (unpaired) electrons. The van der Waals surface area contributed by atoms with Gasteiger partial charge in [0.25, 0.3) is 0 Å². The third-order valence-electron chi connectivity index (χ3n) is 6.10. The second-order valence-electron chi connectivity index (χ2n) is 8.59. The minimum absolute atomic E-state index is 0.520. The molecule has 4 heteroatoms. The fourth-order valence-electron chi connectivity index (χ4n) is 4.46. The normalized spacial score (nSPS) is 16.3. The fourth-order valence-corrected chi connectivity index (χ4v) is 4.46. The number of likely N-dealkylation sites (tertiary alicyclic amines) is 1. The predicted molar refractivity (Wildman–Crippen MR) is 128 cm³/mol. The number of benzene rings is 3. The van der Waals surface area contributed by atoms with Gasteiger partial charge >= 0.3 is 0 Å². The van der Waals surface area contributed by atoms with E-state index in [0.717, 1.165) is 42.9 Å². The van der Waals surface area contributed by atoms with Crippen molar-refractivity contribution >= 4 is 0 Å². The highest BCUT2D eigenvalue weighted by molar-refractivity contribution is 5.67. The molecule has 0 spiro atoms. The Kier molecular flexibility index (Phi) is 6.31.